The van der Waals surface area contributed by atoms with Crippen LogP contribution in [0, 0.1) is 13.8 Å². The maximum atomic E-state index is 11.3. The molecule has 0 aliphatic carbocycles. The Kier molecular flexibility index (Phi) is 6.12. The predicted octanol–water partition coefficient (Wildman–Crippen LogP) is 5.66. The Hall–Kier alpha value is -3.80. The van der Waals surface area contributed by atoms with Crippen molar-refractivity contribution in [2.24, 2.45) is 0 Å². The van der Waals surface area contributed by atoms with Crippen molar-refractivity contribution in [3.8, 4) is 5.75 Å². The Morgan fingerprint density at radius 3 is 2.59 bits per heavy atom. The summed E-state index contributed by atoms with van der Waals surface area (Å²) in [7, 11) is 3.23. The van der Waals surface area contributed by atoms with E-state index in [2.05, 4.69) is 47.9 Å². The number of nitrogens with zero attached hydrogens (tertiary/aromatic N) is 1. The minimum Gasteiger partial charge on any atom is -0.496 e. The highest BCUT2D eigenvalue weighted by atomic mass is 16.5. The maximum Gasteiger partial charge on any atom is 0.406 e. The molecule has 0 aliphatic heterocycles. The highest BCUT2D eigenvalue weighted by molar-refractivity contribution is 6.09. The number of aromatic nitrogens is 1. The smallest absolute Gasteiger partial charge is 0.406 e. The number of carbonyl (C=O) groups is 1. The highest BCUT2D eigenvalue weighted by Gasteiger charge is 2.13. The monoisotopic (exact) mass is 429 g/mol. The van der Waals surface area contributed by atoms with Crippen molar-refractivity contribution in [3.05, 3.63) is 71.3 Å². The van der Waals surface area contributed by atoms with E-state index >= 15 is 0 Å². The Balaban J connectivity index is 1.76. The Bertz CT molecular complexity index is 1300. The van der Waals surface area contributed by atoms with Gasteiger partial charge >= 0.3 is 6.09 Å². The first kappa shape index (κ1) is 21.4. The van der Waals surface area contributed by atoms with Crippen LogP contribution in [-0.2, 0) is 11.2 Å². The van der Waals surface area contributed by atoms with E-state index in [-0.39, 0.29) is 0 Å². The van der Waals surface area contributed by atoms with Gasteiger partial charge in [0.05, 0.1) is 30.4 Å². The van der Waals surface area contributed by atoms with Crippen LogP contribution in [-0.4, -0.2) is 31.8 Å². The molecule has 0 bridgehead atoms. The summed E-state index contributed by atoms with van der Waals surface area (Å²) < 4.78 is 10.7. The second-order valence-corrected chi connectivity index (χ2v) is 7.81. The molecule has 32 heavy (non-hydrogen) atoms. The summed E-state index contributed by atoms with van der Waals surface area (Å²) in [4.78, 5) is 16.2. The van der Waals surface area contributed by atoms with Crippen LogP contribution in [0.5, 0.6) is 5.75 Å². The summed E-state index contributed by atoms with van der Waals surface area (Å²) in [5.41, 5.74) is 7.08. The highest BCUT2D eigenvalue weighted by Crippen LogP contribution is 2.36. The zero-order chi connectivity index (χ0) is 22.7. The second kappa shape index (κ2) is 9.14. The first-order valence-electron chi connectivity index (χ1n) is 10.6. The minimum absolute atomic E-state index is 0.319. The number of nitrogens with one attached hydrogen (secondary N) is 2. The van der Waals surface area contributed by atoms with Crippen molar-refractivity contribution in [2.75, 3.05) is 26.1 Å². The molecule has 0 aliphatic rings. The van der Waals surface area contributed by atoms with Gasteiger partial charge < -0.3 is 20.1 Å². The number of benzene rings is 3. The summed E-state index contributed by atoms with van der Waals surface area (Å²) in [5.74, 6) is 0.828. The maximum absolute atomic E-state index is 11.3. The molecule has 4 rings (SSSR count). The summed E-state index contributed by atoms with van der Waals surface area (Å²) in [6, 6.07) is 18.5. The quantitative estimate of drug-likeness (QED) is 0.387. The Morgan fingerprint density at radius 1 is 1.00 bits per heavy atom. The molecule has 0 fully saturated rings. The van der Waals surface area contributed by atoms with Crippen molar-refractivity contribution >= 4 is 39.3 Å². The largest absolute Gasteiger partial charge is 0.496 e. The molecule has 0 saturated heterocycles. The van der Waals surface area contributed by atoms with Crippen molar-refractivity contribution in [1.29, 1.82) is 0 Å². The number of aryl methyl sites for hydroxylation is 2. The molecule has 0 radical (unpaired) electrons. The fourth-order valence-corrected chi connectivity index (χ4v) is 3.83. The molecule has 4 aromatic rings. The normalized spacial score (nSPS) is 10.9. The number of hydrogen-bond donors (Lipinski definition) is 2. The molecule has 0 spiro atoms. The molecule has 164 valence electrons. The van der Waals surface area contributed by atoms with Gasteiger partial charge in [-0.05, 0) is 61.4 Å². The van der Waals surface area contributed by atoms with Gasteiger partial charge in [0.25, 0.3) is 0 Å². The zero-order valence-electron chi connectivity index (χ0n) is 18.8. The lowest BCUT2D eigenvalue weighted by Gasteiger charge is -2.16. The topological polar surface area (TPSA) is 72.5 Å². The standard InChI is InChI=1S/C26H27N3O3/c1-16-8-9-22-20(12-16)25(21-15-24(31-4)17(2)13-23(21)29-22)28-19-7-5-6-18(14-19)10-11-32-26(30)27-3/h5-9,12-15H,10-11H2,1-4H3,(H,27,30)(H,28,29). The molecule has 0 unspecified atom stereocenters. The van der Waals surface area contributed by atoms with Crippen LogP contribution < -0.4 is 15.4 Å². The van der Waals surface area contributed by atoms with E-state index in [1.54, 1.807) is 14.2 Å². The summed E-state index contributed by atoms with van der Waals surface area (Å²) in [5, 5.41) is 8.13. The average molecular weight is 430 g/mol. The number of pyridine rings is 1. The molecular formula is C26H27N3O3. The molecule has 1 amide bonds. The summed E-state index contributed by atoms with van der Waals surface area (Å²) >= 11 is 0. The van der Waals surface area contributed by atoms with Gasteiger partial charge in [-0.25, -0.2) is 9.78 Å². The van der Waals surface area contributed by atoms with Crippen molar-refractivity contribution in [3.63, 3.8) is 0 Å². The van der Waals surface area contributed by atoms with Gasteiger partial charge in [0.15, 0.2) is 0 Å². The third-order valence-electron chi connectivity index (χ3n) is 5.47. The minimum atomic E-state index is -0.423. The van der Waals surface area contributed by atoms with E-state index in [4.69, 9.17) is 14.5 Å². The average Bonchev–Trinajstić information content (AvgIpc) is 2.79. The molecule has 0 atom stereocenters. The van der Waals surface area contributed by atoms with Crippen LogP contribution >= 0.6 is 0 Å². The van der Waals surface area contributed by atoms with Crippen LogP contribution in [0.15, 0.2) is 54.6 Å². The third kappa shape index (κ3) is 4.44. The number of carbonyl (C=O) groups excluding carboxylic acids is 1. The van der Waals surface area contributed by atoms with E-state index in [0.29, 0.717) is 13.0 Å². The van der Waals surface area contributed by atoms with Gasteiger partial charge in [0, 0.05) is 29.9 Å². The van der Waals surface area contributed by atoms with Gasteiger partial charge in [-0.3, -0.25) is 0 Å². The van der Waals surface area contributed by atoms with Gasteiger partial charge in [-0.1, -0.05) is 23.8 Å². The fraction of sp³-hybridized carbons (Fsp3) is 0.231. The van der Waals surface area contributed by atoms with Crippen molar-refractivity contribution < 1.29 is 14.3 Å². The molecule has 2 N–H and O–H groups in total. The van der Waals surface area contributed by atoms with Crippen molar-refractivity contribution in [1.82, 2.24) is 10.3 Å². The fourth-order valence-electron chi connectivity index (χ4n) is 3.83. The van der Waals surface area contributed by atoms with Gasteiger partial charge in [0.2, 0.25) is 0 Å². The lowest BCUT2D eigenvalue weighted by atomic mass is 10.0. The zero-order valence-corrected chi connectivity index (χ0v) is 18.8. The lowest BCUT2D eigenvalue weighted by Crippen LogP contribution is -2.20. The number of alkyl carbamates (subject to hydrolysis) is 1. The number of rotatable bonds is 6. The molecule has 1 aromatic heterocycles. The van der Waals surface area contributed by atoms with Crippen LogP contribution in [0.3, 0.4) is 0 Å². The lowest BCUT2D eigenvalue weighted by molar-refractivity contribution is 0.150. The van der Waals surface area contributed by atoms with Crippen LogP contribution in [0.2, 0.25) is 0 Å². The summed E-state index contributed by atoms with van der Waals surface area (Å²) in [6.07, 6.45) is 0.209. The van der Waals surface area contributed by atoms with E-state index in [1.165, 1.54) is 5.56 Å². The first-order valence-corrected chi connectivity index (χ1v) is 10.6. The molecular weight excluding hydrogens is 402 g/mol. The van der Waals surface area contributed by atoms with E-state index < -0.39 is 6.09 Å². The molecule has 1 heterocycles. The van der Waals surface area contributed by atoms with E-state index in [0.717, 1.165) is 50.1 Å². The van der Waals surface area contributed by atoms with Gasteiger partial charge in [0.1, 0.15) is 5.75 Å². The Labute approximate surface area is 187 Å². The number of hydrogen-bond acceptors (Lipinski definition) is 5. The summed E-state index contributed by atoms with van der Waals surface area (Å²) in [6.45, 7) is 4.42. The number of methoxy groups -OCH3 is 1. The second-order valence-electron chi connectivity index (χ2n) is 7.81. The molecule has 6 nitrogen and oxygen atoms in total. The van der Waals surface area contributed by atoms with Crippen LogP contribution in [0.1, 0.15) is 16.7 Å². The van der Waals surface area contributed by atoms with Crippen LogP contribution in [0.25, 0.3) is 21.8 Å². The number of fused-ring (bicyclic) bond motifs is 2. The SMILES string of the molecule is CNC(=O)OCCc1cccc(Nc2c3cc(C)ccc3nc3cc(C)c(OC)cc23)c1. The first-order chi connectivity index (χ1) is 15.5. The third-order valence-corrected chi connectivity index (χ3v) is 5.47. The molecule has 0 saturated carbocycles. The predicted molar refractivity (Wildman–Crippen MR) is 129 cm³/mol. The molecule has 6 heteroatoms. The van der Waals surface area contributed by atoms with Crippen molar-refractivity contribution in [2.45, 2.75) is 20.3 Å². The number of amides is 1. The van der Waals surface area contributed by atoms with E-state index in [9.17, 15) is 4.79 Å². The van der Waals surface area contributed by atoms with Gasteiger partial charge in [-0.15, -0.1) is 0 Å². The number of ether oxygens (including phenoxy) is 2. The van der Waals surface area contributed by atoms with E-state index in [1.807, 2.05) is 31.2 Å². The van der Waals surface area contributed by atoms with Crippen LogP contribution in [0.4, 0.5) is 16.2 Å². The van der Waals surface area contributed by atoms with Gasteiger partial charge in [-0.2, -0.15) is 0 Å². The Morgan fingerprint density at radius 2 is 1.81 bits per heavy atom. The molecule has 3 aromatic carbocycles. The number of anilines is 2.